The van der Waals surface area contributed by atoms with E-state index in [0.717, 1.165) is 0 Å². The Morgan fingerprint density at radius 3 is 2.50 bits per heavy atom. The van der Waals surface area contributed by atoms with Gasteiger partial charge in [0.1, 0.15) is 5.82 Å². The lowest BCUT2D eigenvalue weighted by molar-refractivity contribution is -0.118. The number of ether oxygens (including phenoxy) is 1. The largest absolute Gasteiger partial charge is 0.481 e. The topological polar surface area (TPSA) is 115 Å². The summed E-state index contributed by atoms with van der Waals surface area (Å²) in [4.78, 5) is 17.1. The number of methoxy groups -OCH3 is 1. The van der Waals surface area contributed by atoms with Crippen LogP contribution in [0.15, 0.2) is 41.6 Å². The highest BCUT2D eigenvalue weighted by atomic mass is 32.2. The van der Waals surface area contributed by atoms with E-state index >= 15 is 0 Å². The number of carbonyl (C=O) groups is 1. The Bertz CT molecular complexity index is 1350. The summed E-state index contributed by atoms with van der Waals surface area (Å²) in [5.74, 6) is -0.995. The first-order valence-corrected chi connectivity index (χ1v) is 13.1. The molecule has 0 radical (unpaired) electrons. The molecule has 0 bridgehead atoms. The summed E-state index contributed by atoms with van der Waals surface area (Å²) in [5, 5.41) is 6.95. The fourth-order valence-electron chi connectivity index (χ4n) is 4.01. The van der Waals surface area contributed by atoms with Crippen LogP contribution in [0.25, 0.3) is 11.1 Å². The van der Waals surface area contributed by atoms with Gasteiger partial charge in [-0.05, 0) is 67.3 Å². The van der Waals surface area contributed by atoms with Gasteiger partial charge in [-0.2, -0.15) is 13.5 Å². The number of halogens is 1. The van der Waals surface area contributed by atoms with Gasteiger partial charge in [-0.25, -0.2) is 14.1 Å². The van der Waals surface area contributed by atoms with Crippen molar-refractivity contribution in [3.8, 4) is 17.0 Å². The maximum absolute atomic E-state index is 14.6. The van der Waals surface area contributed by atoms with Gasteiger partial charge < -0.3 is 10.1 Å². The number of carbonyl (C=O) groups excluding carboxylic acids is 1. The highest BCUT2D eigenvalue weighted by Crippen LogP contribution is 2.33. The third-order valence-electron chi connectivity index (χ3n) is 5.62. The predicted octanol–water partition coefficient (Wildman–Crippen LogP) is 3.56. The van der Waals surface area contributed by atoms with E-state index < -0.39 is 21.7 Å². The van der Waals surface area contributed by atoms with Gasteiger partial charge in [-0.1, -0.05) is 13.8 Å². The van der Waals surface area contributed by atoms with Crippen molar-refractivity contribution < 1.29 is 22.3 Å². The first-order chi connectivity index (χ1) is 17.0. The Labute approximate surface area is 211 Å². The molecule has 2 aromatic heterocycles. The summed E-state index contributed by atoms with van der Waals surface area (Å²) < 4.78 is 49.5. The van der Waals surface area contributed by atoms with Crippen molar-refractivity contribution in [3.63, 3.8) is 0 Å². The quantitative estimate of drug-likeness (QED) is 0.422. The first-order valence-electron chi connectivity index (χ1n) is 11.6. The highest BCUT2D eigenvalue weighted by Gasteiger charge is 2.25. The lowest BCUT2D eigenvalue weighted by Gasteiger charge is -2.18. The summed E-state index contributed by atoms with van der Waals surface area (Å²) in [5.41, 5.74) is 2.87. The zero-order valence-corrected chi connectivity index (χ0v) is 22.1. The number of hydrogen-bond acceptors (Lipinski definition) is 7. The summed E-state index contributed by atoms with van der Waals surface area (Å²) >= 11 is 0. The molecule has 2 N–H and O–H groups in total. The lowest BCUT2D eigenvalue weighted by atomic mass is 9.88. The number of rotatable bonds is 10. The fourth-order valence-corrected chi connectivity index (χ4v) is 4.98. The van der Waals surface area contributed by atoms with Crippen molar-refractivity contribution in [3.05, 3.63) is 59.2 Å². The fraction of sp³-hybridized carbons (Fsp3) is 0.400. The first kappa shape index (κ1) is 27.3. The van der Waals surface area contributed by atoms with Crippen LogP contribution in [0.4, 0.5) is 4.39 Å². The molecule has 3 rings (SSSR count). The molecule has 0 aliphatic carbocycles. The molecule has 0 saturated carbocycles. The van der Waals surface area contributed by atoms with Gasteiger partial charge >= 0.3 is 0 Å². The van der Waals surface area contributed by atoms with Crippen molar-refractivity contribution in [1.29, 1.82) is 0 Å². The molecule has 3 aromatic rings. The number of amides is 1. The monoisotopic (exact) mass is 517 g/mol. The number of hydrogen-bond donors (Lipinski definition) is 2. The van der Waals surface area contributed by atoms with Gasteiger partial charge in [-0.3, -0.25) is 9.48 Å². The van der Waals surface area contributed by atoms with Crippen molar-refractivity contribution in [2.24, 2.45) is 0 Å². The molecule has 1 amide bonds. The Balaban J connectivity index is 1.98. The molecular weight excluding hydrogens is 485 g/mol. The molecule has 0 atom stereocenters. The summed E-state index contributed by atoms with van der Waals surface area (Å²) in [6.45, 7) is 7.95. The van der Waals surface area contributed by atoms with Gasteiger partial charge in [0.05, 0.1) is 19.2 Å². The van der Waals surface area contributed by atoms with E-state index in [0.29, 0.717) is 40.4 Å². The number of sulfonamides is 1. The maximum Gasteiger partial charge on any atom is 0.283 e. The average Bonchev–Trinajstić information content (AvgIpc) is 3.25. The van der Waals surface area contributed by atoms with Crippen molar-refractivity contribution in [2.45, 2.75) is 57.6 Å². The summed E-state index contributed by atoms with van der Waals surface area (Å²) in [7, 11) is -1.01. The molecule has 1 aromatic carbocycles. The standard InChI is InChI=1S/C25H32FN5O4S/c1-15(2)20-10-18(26)11-21(17-7-8-28-24(9-17)35-6)22(20)13-23(32)30-36(33,34)25-12-19(14-27-5)31(29-25)16(3)4/h7-12,15-16,27H,13-14H2,1-6H3,(H,30,32). The second-order valence-electron chi connectivity index (χ2n) is 9.01. The molecule has 2 heterocycles. The van der Waals surface area contributed by atoms with E-state index in [1.807, 2.05) is 27.7 Å². The highest BCUT2D eigenvalue weighted by molar-refractivity contribution is 7.90. The van der Waals surface area contributed by atoms with Crippen molar-refractivity contribution in [2.75, 3.05) is 14.2 Å². The third kappa shape index (κ3) is 6.08. The minimum Gasteiger partial charge on any atom is -0.481 e. The van der Waals surface area contributed by atoms with Crippen LogP contribution in [0.5, 0.6) is 5.88 Å². The molecule has 0 aliphatic heterocycles. The third-order valence-corrected chi connectivity index (χ3v) is 6.87. The molecule has 194 valence electrons. The summed E-state index contributed by atoms with van der Waals surface area (Å²) in [6, 6.07) is 7.39. The SMILES string of the molecule is CNCc1cc(S(=O)(=O)NC(=O)Cc2c(-c3ccnc(OC)c3)cc(F)cc2C(C)C)nn1C(C)C. The number of pyridine rings is 1. The Hall–Kier alpha value is -3.31. The number of benzene rings is 1. The minimum atomic E-state index is -4.23. The summed E-state index contributed by atoms with van der Waals surface area (Å²) in [6.07, 6.45) is 1.25. The lowest BCUT2D eigenvalue weighted by Crippen LogP contribution is -2.32. The Morgan fingerprint density at radius 1 is 1.17 bits per heavy atom. The molecule has 0 spiro atoms. The van der Waals surface area contributed by atoms with Crippen LogP contribution in [0, 0.1) is 5.82 Å². The van der Waals surface area contributed by atoms with Gasteiger partial charge in [0.2, 0.25) is 11.8 Å². The van der Waals surface area contributed by atoms with Gasteiger partial charge in [0.25, 0.3) is 10.0 Å². The van der Waals surface area contributed by atoms with E-state index in [1.54, 1.807) is 23.9 Å². The normalized spacial score (nSPS) is 11.8. The Kier molecular flexibility index (Phi) is 8.47. The van der Waals surface area contributed by atoms with Crippen molar-refractivity contribution >= 4 is 15.9 Å². The van der Waals surface area contributed by atoms with Gasteiger partial charge in [0, 0.05) is 30.9 Å². The molecule has 0 aliphatic rings. The molecule has 9 nitrogen and oxygen atoms in total. The molecule has 36 heavy (non-hydrogen) atoms. The van der Waals surface area contributed by atoms with E-state index in [2.05, 4.69) is 20.1 Å². The molecule has 11 heteroatoms. The van der Waals surface area contributed by atoms with E-state index in [-0.39, 0.29) is 23.4 Å². The van der Waals surface area contributed by atoms with Gasteiger partial charge in [-0.15, -0.1) is 0 Å². The molecular formula is C25H32FN5O4S. The maximum atomic E-state index is 14.6. The van der Waals surface area contributed by atoms with Crippen LogP contribution in [0.3, 0.4) is 0 Å². The van der Waals surface area contributed by atoms with Crippen LogP contribution in [0.2, 0.25) is 0 Å². The molecule has 0 fully saturated rings. The van der Waals surface area contributed by atoms with Crippen molar-refractivity contribution in [1.82, 2.24) is 24.8 Å². The second kappa shape index (κ2) is 11.2. The number of nitrogens with one attached hydrogen (secondary N) is 2. The van der Waals surface area contributed by atoms with E-state index in [9.17, 15) is 17.6 Å². The van der Waals surface area contributed by atoms with E-state index in [4.69, 9.17) is 4.74 Å². The van der Waals surface area contributed by atoms with E-state index in [1.165, 1.54) is 31.5 Å². The predicted molar refractivity (Wildman–Crippen MR) is 135 cm³/mol. The molecule has 0 saturated heterocycles. The zero-order chi connectivity index (χ0) is 26.6. The second-order valence-corrected chi connectivity index (χ2v) is 10.6. The van der Waals surface area contributed by atoms with Crippen LogP contribution >= 0.6 is 0 Å². The van der Waals surface area contributed by atoms with Crippen LogP contribution in [-0.4, -0.2) is 43.2 Å². The molecule has 0 unspecified atom stereocenters. The zero-order valence-electron chi connectivity index (χ0n) is 21.3. The minimum absolute atomic E-state index is 0.0688. The number of aromatic nitrogens is 3. The smallest absolute Gasteiger partial charge is 0.283 e. The van der Waals surface area contributed by atoms with Gasteiger partial charge in [0.15, 0.2) is 5.03 Å². The Morgan fingerprint density at radius 2 is 1.89 bits per heavy atom. The average molecular weight is 518 g/mol. The van der Waals surface area contributed by atoms with Crippen LogP contribution in [-0.2, 0) is 27.8 Å². The van der Waals surface area contributed by atoms with Crippen LogP contribution < -0.4 is 14.8 Å². The van der Waals surface area contributed by atoms with Crippen LogP contribution in [0.1, 0.15) is 56.5 Å². The number of nitrogens with zero attached hydrogens (tertiary/aromatic N) is 3.